The minimum absolute atomic E-state index is 0.0780. The molecule has 2 fully saturated rings. The molecule has 1 N–H and O–H groups in total. The molecule has 0 saturated carbocycles. The maximum absolute atomic E-state index is 14.2. The number of carboxylic acid groups (broad SMARTS) is 1. The Kier molecular flexibility index (Phi) is 9.29. The molecule has 3 heterocycles. The zero-order valence-electron chi connectivity index (χ0n) is 23.6. The van der Waals surface area contributed by atoms with Crippen LogP contribution in [0.3, 0.4) is 0 Å². The van der Waals surface area contributed by atoms with Crippen molar-refractivity contribution in [3.8, 4) is 0 Å². The zero-order chi connectivity index (χ0) is 28.1. The molecule has 3 aromatic rings. The normalized spacial score (nSPS) is 21.6. The first-order valence-electron chi connectivity index (χ1n) is 14.5. The van der Waals surface area contributed by atoms with Gasteiger partial charge in [0.15, 0.2) is 0 Å². The second-order valence-corrected chi connectivity index (χ2v) is 11.3. The molecule has 0 bridgehead atoms. The van der Waals surface area contributed by atoms with E-state index in [0.29, 0.717) is 19.0 Å². The van der Waals surface area contributed by atoms with Crippen molar-refractivity contribution >= 4 is 5.97 Å². The van der Waals surface area contributed by atoms with E-state index in [9.17, 15) is 14.3 Å². The smallest absolute Gasteiger partial charge is 0.323 e. The molecular weight excluding hydrogens is 507 g/mol. The SMILES string of the molecule is CCn1nc(Cc2ccccc2)cc1C1CCN(C[C@H]2CN([C@H](COC)C(=O)O)C[C@@H]2c2cccc(F)c2)CC1. The quantitative estimate of drug-likeness (QED) is 0.377. The van der Waals surface area contributed by atoms with E-state index in [2.05, 4.69) is 46.8 Å². The van der Waals surface area contributed by atoms with Gasteiger partial charge in [-0.05, 0) is 68.1 Å². The number of benzene rings is 2. The first kappa shape index (κ1) is 28.5. The largest absolute Gasteiger partial charge is 0.480 e. The van der Waals surface area contributed by atoms with Gasteiger partial charge in [-0.15, -0.1) is 0 Å². The van der Waals surface area contributed by atoms with Gasteiger partial charge in [0, 0.05) is 57.2 Å². The molecule has 0 aliphatic carbocycles. The van der Waals surface area contributed by atoms with Gasteiger partial charge in [-0.25, -0.2) is 4.39 Å². The monoisotopic (exact) mass is 548 g/mol. The predicted octanol–water partition coefficient (Wildman–Crippen LogP) is 4.63. The third kappa shape index (κ3) is 6.62. The van der Waals surface area contributed by atoms with Crippen molar-refractivity contribution in [2.24, 2.45) is 5.92 Å². The van der Waals surface area contributed by atoms with Crippen LogP contribution in [0.1, 0.15) is 54.1 Å². The van der Waals surface area contributed by atoms with Crippen LogP contribution in [-0.2, 0) is 22.5 Å². The fourth-order valence-electron chi connectivity index (χ4n) is 6.65. The lowest BCUT2D eigenvalue weighted by atomic mass is 9.87. The number of aromatic nitrogens is 2. The second-order valence-electron chi connectivity index (χ2n) is 11.3. The number of nitrogens with zero attached hydrogens (tertiary/aromatic N) is 4. The third-order valence-corrected chi connectivity index (χ3v) is 8.68. The van der Waals surface area contributed by atoms with Crippen LogP contribution in [0.5, 0.6) is 0 Å². The van der Waals surface area contributed by atoms with E-state index in [1.54, 1.807) is 12.1 Å². The Hall–Kier alpha value is -3.07. The highest BCUT2D eigenvalue weighted by atomic mass is 19.1. The summed E-state index contributed by atoms with van der Waals surface area (Å²) in [5.74, 6) is -0.350. The van der Waals surface area contributed by atoms with Crippen LogP contribution in [0.2, 0.25) is 0 Å². The van der Waals surface area contributed by atoms with E-state index in [1.807, 2.05) is 17.0 Å². The number of hydrogen-bond acceptors (Lipinski definition) is 5. The van der Waals surface area contributed by atoms with E-state index in [1.165, 1.54) is 24.4 Å². The maximum atomic E-state index is 14.2. The lowest BCUT2D eigenvalue weighted by molar-refractivity contribution is -0.144. The van der Waals surface area contributed by atoms with Crippen molar-refractivity contribution in [1.82, 2.24) is 19.6 Å². The number of hydrogen-bond donors (Lipinski definition) is 1. The highest BCUT2D eigenvalue weighted by molar-refractivity contribution is 5.73. The van der Waals surface area contributed by atoms with Crippen LogP contribution in [0.15, 0.2) is 60.7 Å². The summed E-state index contributed by atoms with van der Waals surface area (Å²) in [5, 5.41) is 14.8. The Bertz CT molecular complexity index is 1260. The first-order valence-corrected chi connectivity index (χ1v) is 14.5. The molecule has 0 unspecified atom stereocenters. The number of aliphatic carboxylic acids is 1. The van der Waals surface area contributed by atoms with Gasteiger partial charge < -0.3 is 14.7 Å². The summed E-state index contributed by atoms with van der Waals surface area (Å²) in [5.41, 5.74) is 4.68. The highest BCUT2D eigenvalue weighted by Gasteiger charge is 2.40. The Balaban J connectivity index is 1.25. The number of carbonyl (C=O) groups is 1. The van der Waals surface area contributed by atoms with E-state index in [4.69, 9.17) is 9.84 Å². The van der Waals surface area contributed by atoms with Crippen molar-refractivity contribution in [1.29, 1.82) is 0 Å². The Morgan fingerprint density at radius 3 is 2.55 bits per heavy atom. The van der Waals surface area contributed by atoms with Crippen molar-refractivity contribution in [3.63, 3.8) is 0 Å². The molecule has 2 aromatic carbocycles. The molecule has 7 nitrogen and oxygen atoms in total. The molecule has 0 radical (unpaired) electrons. The number of carboxylic acids is 1. The summed E-state index contributed by atoms with van der Waals surface area (Å²) in [6.45, 7) is 7.25. The van der Waals surface area contributed by atoms with Crippen LogP contribution in [0, 0.1) is 11.7 Å². The Labute approximate surface area is 236 Å². The molecular formula is C32H41FN4O3. The summed E-state index contributed by atoms with van der Waals surface area (Å²) >= 11 is 0. The van der Waals surface area contributed by atoms with Gasteiger partial charge in [0.05, 0.1) is 12.3 Å². The topological polar surface area (TPSA) is 70.8 Å². The van der Waals surface area contributed by atoms with E-state index >= 15 is 0 Å². The summed E-state index contributed by atoms with van der Waals surface area (Å²) in [4.78, 5) is 16.5. The lowest BCUT2D eigenvalue weighted by Gasteiger charge is -2.35. The summed E-state index contributed by atoms with van der Waals surface area (Å²) in [6, 6.07) is 18.9. The maximum Gasteiger partial charge on any atom is 0.323 e. The molecule has 0 spiro atoms. The van der Waals surface area contributed by atoms with Gasteiger partial charge in [-0.2, -0.15) is 5.10 Å². The average Bonchev–Trinajstić information content (AvgIpc) is 3.56. The Morgan fingerprint density at radius 2 is 1.88 bits per heavy atom. The number of rotatable bonds is 11. The van der Waals surface area contributed by atoms with Crippen molar-refractivity contribution in [2.45, 2.75) is 50.6 Å². The molecule has 2 aliphatic rings. The summed E-state index contributed by atoms with van der Waals surface area (Å²) < 4.78 is 21.6. The van der Waals surface area contributed by atoms with Crippen LogP contribution < -0.4 is 0 Å². The number of likely N-dealkylation sites (tertiary alicyclic amines) is 2. The first-order chi connectivity index (χ1) is 19.4. The molecule has 40 heavy (non-hydrogen) atoms. The van der Waals surface area contributed by atoms with Crippen molar-refractivity contribution in [3.05, 3.63) is 89.0 Å². The number of methoxy groups -OCH3 is 1. The van der Waals surface area contributed by atoms with Gasteiger partial charge in [-0.1, -0.05) is 42.5 Å². The zero-order valence-corrected chi connectivity index (χ0v) is 23.6. The number of aryl methyl sites for hydroxylation is 1. The van der Waals surface area contributed by atoms with E-state index in [0.717, 1.165) is 56.7 Å². The van der Waals surface area contributed by atoms with E-state index < -0.39 is 12.0 Å². The number of ether oxygens (including phenoxy) is 1. The molecule has 214 valence electrons. The summed E-state index contributed by atoms with van der Waals surface area (Å²) in [6.07, 6.45) is 2.98. The second kappa shape index (κ2) is 13.1. The van der Waals surface area contributed by atoms with E-state index in [-0.39, 0.29) is 24.3 Å². The van der Waals surface area contributed by atoms with Gasteiger partial charge in [-0.3, -0.25) is 14.4 Å². The molecule has 2 aliphatic heterocycles. The number of piperidine rings is 1. The Morgan fingerprint density at radius 1 is 1.10 bits per heavy atom. The fourth-order valence-corrected chi connectivity index (χ4v) is 6.65. The molecule has 2 saturated heterocycles. The summed E-state index contributed by atoms with van der Waals surface area (Å²) in [7, 11) is 1.53. The van der Waals surface area contributed by atoms with Gasteiger partial charge in [0.2, 0.25) is 0 Å². The van der Waals surface area contributed by atoms with Crippen molar-refractivity contribution in [2.75, 3.05) is 46.4 Å². The van der Waals surface area contributed by atoms with Crippen LogP contribution >= 0.6 is 0 Å². The molecule has 5 rings (SSSR count). The fraction of sp³-hybridized carbons (Fsp3) is 0.500. The average molecular weight is 549 g/mol. The van der Waals surface area contributed by atoms with Crippen LogP contribution in [0.4, 0.5) is 4.39 Å². The lowest BCUT2D eigenvalue weighted by Crippen LogP contribution is -2.44. The highest BCUT2D eigenvalue weighted by Crippen LogP contribution is 2.36. The molecule has 0 amide bonds. The van der Waals surface area contributed by atoms with Crippen molar-refractivity contribution < 1.29 is 19.0 Å². The van der Waals surface area contributed by atoms with Gasteiger partial charge in [0.1, 0.15) is 11.9 Å². The minimum atomic E-state index is -0.875. The molecule has 1 aromatic heterocycles. The standard InChI is InChI=1S/C32H41FN4O3/c1-3-37-30(18-28(34-37)16-23-8-5-4-6-9-23)24-12-14-35(15-13-24)19-26-20-36(31(22-40-2)32(38)39)21-29(26)25-10-7-11-27(33)17-25/h4-11,17-18,24,26,29,31H,3,12-16,19-22H2,1-2H3,(H,38,39)/t26-,29+,31+/m0/s1. The van der Waals surface area contributed by atoms with Gasteiger partial charge in [0.25, 0.3) is 0 Å². The number of halogens is 1. The predicted molar refractivity (Wildman–Crippen MR) is 153 cm³/mol. The van der Waals surface area contributed by atoms with Crippen LogP contribution in [-0.4, -0.2) is 83.1 Å². The molecule has 8 heteroatoms. The van der Waals surface area contributed by atoms with Crippen LogP contribution in [0.25, 0.3) is 0 Å². The third-order valence-electron chi connectivity index (χ3n) is 8.68. The molecule has 3 atom stereocenters. The minimum Gasteiger partial charge on any atom is -0.480 e. The van der Waals surface area contributed by atoms with Gasteiger partial charge >= 0.3 is 5.97 Å².